The fourth-order valence-corrected chi connectivity index (χ4v) is 3.68. The summed E-state index contributed by atoms with van der Waals surface area (Å²) in [6.45, 7) is 5.45. The number of nitrogens with zero attached hydrogens (tertiary/aromatic N) is 3. The predicted octanol–water partition coefficient (Wildman–Crippen LogP) is 4.44. The van der Waals surface area contributed by atoms with E-state index in [0.717, 1.165) is 25.2 Å². The number of likely N-dealkylation sites (tertiary alicyclic amines) is 1. The van der Waals surface area contributed by atoms with Crippen LogP contribution in [-0.2, 0) is 12.6 Å². The van der Waals surface area contributed by atoms with Crippen LogP contribution in [0.25, 0.3) is 0 Å². The lowest BCUT2D eigenvalue weighted by Crippen LogP contribution is -2.25. The Labute approximate surface area is 157 Å². The molecule has 0 saturated carbocycles. The molecule has 2 aromatic heterocycles. The molecule has 2 atom stereocenters. The van der Waals surface area contributed by atoms with Gasteiger partial charge in [0, 0.05) is 24.3 Å². The molecule has 0 aromatic carbocycles. The molecule has 2 unspecified atom stereocenters. The standard InChI is InChI=1S/C20H24F3N3O/c1-13-9-16(11-18(24-13)20(21,22)23)10-15-7-8-26(12-15)14(2)17-5-4-6-19(25-17)27-3/h4-6,9,11,14-15H,7-8,10,12H2,1-3H3. The highest BCUT2D eigenvalue weighted by Gasteiger charge is 2.33. The predicted molar refractivity (Wildman–Crippen MR) is 96.6 cm³/mol. The summed E-state index contributed by atoms with van der Waals surface area (Å²) in [7, 11) is 1.59. The fourth-order valence-electron chi connectivity index (χ4n) is 3.68. The van der Waals surface area contributed by atoms with E-state index in [9.17, 15) is 13.2 Å². The molecular formula is C20H24F3N3O. The van der Waals surface area contributed by atoms with Crippen molar-refractivity contribution in [2.45, 2.75) is 38.9 Å². The summed E-state index contributed by atoms with van der Waals surface area (Å²) in [4.78, 5) is 10.4. The number of ether oxygens (including phenoxy) is 1. The van der Waals surface area contributed by atoms with Crippen LogP contribution in [0.3, 0.4) is 0 Å². The van der Waals surface area contributed by atoms with Gasteiger partial charge in [-0.1, -0.05) is 6.07 Å². The Kier molecular flexibility index (Phi) is 5.69. The number of methoxy groups -OCH3 is 1. The van der Waals surface area contributed by atoms with Gasteiger partial charge in [-0.2, -0.15) is 13.2 Å². The maximum absolute atomic E-state index is 13.0. The van der Waals surface area contributed by atoms with Crippen molar-refractivity contribution in [3.8, 4) is 5.88 Å². The van der Waals surface area contributed by atoms with Crippen molar-refractivity contribution in [2.24, 2.45) is 5.92 Å². The zero-order valence-corrected chi connectivity index (χ0v) is 15.8. The minimum Gasteiger partial charge on any atom is -0.481 e. The lowest BCUT2D eigenvalue weighted by Gasteiger charge is -2.24. The third-order valence-corrected chi connectivity index (χ3v) is 5.08. The fraction of sp³-hybridized carbons (Fsp3) is 0.500. The zero-order valence-electron chi connectivity index (χ0n) is 15.8. The van der Waals surface area contributed by atoms with Gasteiger partial charge in [0.25, 0.3) is 0 Å². The van der Waals surface area contributed by atoms with Crippen LogP contribution in [0.2, 0.25) is 0 Å². The molecule has 27 heavy (non-hydrogen) atoms. The van der Waals surface area contributed by atoms with Gasteiger partial charge >= 0.3 is 6.18 Å². The quantitative estimate of drug-likeness (QED) is 0.770. The number of alkyl halides is 3. The van der Waals surface area contributed by atoms with Crippen LogP contribution in [0.4, 0.5) is 13.2 Å². The Morgan fingerprint density at radius 1 is 1.26 bits per heavy atom. The second-order valence-corrected chi connectivity index (χ2v) is 7.13. The second kappa shape index (κ2) is 7.84. The molecule has 4 nitrogen and oxygen atoms in total. The molecule has 1 aliphatic heterocycles. The highest BCUT2D eigenvalue weighted by atomic mass is 19.4. The van der Waals surface area contributed by atoms with E-state index in [1.54, 1.807) is 20.1 Å². The first-order valence-corrected chi connectivity index (χ1v) is 9.06. The summed E-state index contributed by atoms with van der Waals surface area (Å²) >= 11 is 0. The maximum Gasteiger partial charge on any atom is 0.433 e. The van der Waals surface area contributed by atoms with Crippen LogP contribution in [0, 0.1) is 12.8 Å². The van der Waals surface area contributed by atoms with Crippen molar-refractivity contribution >= 4 is 0 Å². The third kappa shape index (κ3) is 4.77. The molecule has 146 valence electrons. The van der Waals surface area contributed by atoms with E-state index >= 15 is 0 Å². The molecule has 1 saturated heterocycles. The number of aromatic nitrogens is 2. The first kappa shape index (κ1) is 19.6. The highest BCUT2D eigenvalue weighted by molar-refractivity contribution is 5.24. The first-order chi connectivity index (χ1) is 12.8. The van der Waals surface area contributed by atoms with Crippen molar-refractivity contribution in [1.82, 2.24) is 14.9 Å². The molecule has 3 heterocycles. The lowest BCUT2D eigenvalue weighted by molar-refractivity contribution is -0.141. The molecule has 1 fully saturated rings. The number of halogens is 3. The molecule has 3 rings (SSSR count). The number of hydrogen-bond donors (Lipinski definition) is 0. The number of rotatable bonds is 5. The van der Waals surface area contributed by atoms with E-state index in [4.69, 9.17) is 4.74 Å². The van der Waals surface area contributed by atoms with E-state index < -0.39 is 11.9 Å². The van der Waals surface area contributed by atoms with Crippen molar-refractivity contribution in [3.63, 3.8) is 0 Å². The summed E-state index contributed by atoms with van der Waals surface area (Å²) < 4.78 is 44.2. The number of pyridine rings is 2. The summed E-state index contributed by atoms with van der Waals surface area (Å²) in [5, 5.41) is 0. The topological polar surface area (TPSA) is 38.2 Å². The average molecular weight is 379 g/mol. The molecule has 0 N–H and O–H groups in total. The van der Waals surface area contributed by atoms with E-state index in [-0.39, 0.29) is 6.04 Å². The first-order valence-electron chi connectivity index (χ1n) is 9.06. The van der Waals surface area contributed by atoms with Gasteiger partial charge in [-0.05, 0) is 62.9 Å². The minimum atomic E-state index is -4.41. The normalized spacial score (nSPS) is 19.3. The summed E-state index contributed by atoms with van der Waals surface area (Å²) in [5.41, 5.74) is 1.24. The van der Waals surface area contributed by atoms with Crippen molar-refractivity contribution in [1.29, 1.82) is 0 Å². The van der Waals surface area contributed by atoms with Crippen molar-refractivity contribution in [3.05, 3.63) is 53.0 Å². The number of aryl methyl sites for hydroxylation is 1. The molecular weight excluding hydrogens is 355 g/mol. The summed E-state index contributed by atoms with van der Waals surface area (Å²) in [6.07, 6.45) is -2.83. The van der Waals surface area contributed by atoms with Gasteiger partial charge in [-0.15, -0.1) is 0 Å². The summed E-state index contributed by atoms with van der Waals surface area (Å²) in [5.74, 6) is 0.906. The molecule has 2 aromatic rings. The van der Waals surface area contributed by atoms with Crippen LogP contribution in [0.1, 0.15) is 42.0 Å². The molecule has 0 radical (unpaired) electrons. The second-order valence-electron chi connectivity index (χ2n) is 7.13. The monoisotopic (exact) mass is 379 g/mol. The van der Waals surface area contributed by atoms with E-state index in [1.807, 2.05) is 18.2 Å². The molecule has 0 bridgehead atoms. The number of hydrogen-bond acceptors (Lipinski definition) is 4. The van der Waals surface area contributed by atoms with Gasteiger partial charge < -0.3 is 4.74 Å². The molecule has 0 amide bonds. The zero-order chi connectivity index (χ0) is 19.6. The summed E-state index contributed by atoms with van der Waals surface area (Å²) in [6, 6.07) is 8.78. The van der Waals surface area contributed by atoms with Gasteiger partial charge in [0.1, 0.15) is 5.69 Å². The van der Waals surface area contributed by atoms with Crippen molar-refractivity contribution < 1.29 is 17.9 Å². The Balaban J connectivity index is 1.67. The highest BCUT2D eigenvalue weighted by Crippen LogP contribution is 2.32. The van der Waals surface area contributed by atoms with E-state index in [0.29, 0.717) is 29.5 Å². The van der Waals surface area contributed by atoms with Crippen LogP contribution < -0.4 is 4.74 Å². The average Bonchev–Trinajstić information content (AvgIpc) is 3.08. The van der Waals surface area contributed by atoms with Crippen LogP contribution in [0.5, 0.6) is 5.88 Å². The van der Waals surface area contributed by atoms with E-state index in [1.165, 1.54) is 6.07 Å². The Bertz CT molecular complexity index is 794. The minimum absolute atomic E-state index is 0.134. The lowest BCUT2D eigenvalue weighted by atomic mass is 9.98. The molecule has 0 spiro atoms. The van der Waals surface area contributed by atoms with Gasteiger partial charge in [0.2, 0.25) is 5.88 Å². The van der Waals surface area contributed by atoms with Gasteiger partial charge in [-0.25, -0.2) is 9.97 Å². The smallest absolute Gasteiger partial charge is 0.433 e. The van der Waals surface area contributed by atoms with Crippen molar-refractivity contribution in [2.75, 3.05) is 20.2 Å². The van der Waals surface area contributed by atoms with Gasteiger partial charge in [0.05, 0.1) is 12.8 Å². The van der Waals surface area contributed by atoms with E-state index in [2.05, 4.69) is 21.8 Å². The third-order valence-electron chi connectivity index (χ3n) is 5.08. The SMILES string of the molecule is COc1cccc(C(C)N2CCC(Cc3cc(C)nc(C(F)(F)F)c3)C2)n1. The van der Waals surface area contributed by atoms with Crippen LogP contribution in [0.15, 0.2) is 30.3 Å². The van der Waals surface area contributed by atoms with Gasteiger partial charge in [-0.3, -0.25) is 4.90 Å². The molecule has 7 heteroatoms. The van der Waals surface area contributed by atoms with Crippen LogP contribution in [-0.4, -0.2) is 35.1 Å². The van der Waals surface area contributed by atoms with Crippen LogP contribution >= 0.6 is 0 Å². The molecule has 1 aliphatic rings. The Morgan fingerprint density at radius 3 is 2.74 bits per heavy atom. The Hall–Kier alpha value is -2.15. The van der Waals surface area contributed by atoms with Gasteiger partial charge in [0.15, 0.2) is 0 Å². The largest absolute Gasteiger partial charge is 0.481 e. The molecule has 0 aliphatic carbocycles. The maximum atomic E-state index is 13.0. The Morgan fingerprint density at radius 2 is 2.04 bits per heavy atom.